The molecule has 30 heavy (non-hydrogen) atoms. The number of aryl methyl sites for hydroxylation is 3. The molecule has 1 heterocycles. The maximum Gasteiger partial charge on any atom is 0.345 e. The highest BCUT2D eigenvalue weighted by atomic mass is 35.5. The number of ether oxygens (including phenoxy) is 1. The van der Waals surface area contributed by atoms with Gasteiger partial charge < -0.3 is 14.9 Å². The number of thiophene rings is 1. The lowest BCUT2D eigenvalue weighted by Gasteiger charge is -2.24. The van der Waals surface area contributed by atoms with E-state index in [2.05, 4.69) is 18.2 Å². The number of aliphatic hydroxyl groups is 1. The Kier molecular flexibility index (Phi) is 7.01. The van der Waals surface area contributed by atoms with Gasteiger partial charge in [0.15, 0.2) is 0 Å². The minimum absolute atomic E-state index is 0.0291. The number of halogens is 1. The van der Waals surface area contributed by atoms with Crippen LogP contribution in [-0.4, -0.2) is 34.3 Å². The lowest BCUT2D eigenvalue weighted by atomic mass is 9.90. The van der Waals surface area contributed by atoms with Crippen LogP contribution in [0, 0.1) is 11.8 Å². The molecule has 4 nitrogen and oxygen atoms in total. The molecule has 4 rings (SSSR count). The lowest BCUT2D eigenvalue weighted by Crippen LogP contribution is -2.27. The quantitative estimate of drug-likeness (QED) is 0.535. The van der Waals surface area contributed by atoms with Crippen molar-refractivity contribution in [3.63, 3.8) is 0 Å². The molecule has 1 saturated carbocycles. The van der Waals surface area contributed by atoms with E-state index < -0.39 is 12.1 Å². The maximum atomic E-state index is 11.0. The number of hydrogen-bond donors (Lipinski definition) is 2. The molecule has 2 aliphatic carbocycles. The van der Waals surface area contributed by atoms with Gasteiger partial charge in [-0.15, -0.1) is 22.9 Å². The number of carboxylic acid groups (broad SMARTS) is 1. The van der Waals surface area contributed by atoms with Crippen molar-refractivity contribution in [2.45, 2.75) is 62.8 Å². The Morgan fingerprint density at radius 2 is 1.93 bits per heavy atom. The van der Waals surface area contributed by atoms with Crippen molar-refractivity contribution in [3.8, 4) is 5.75 Å². The van der Waals surface area contributed by atoms with Crippen LogP contribution in [0.15, 0.2) is 30.3 Å². The van der Waals surface area contributed by atoms with Crippen molar-refractivity contribution < 1.29 is 19.7 Å². The molecule has 2 aromatic rings. The van der Waals surface area contributed by atoms with Crippen molar-refractivity contribution in [3.05, 3.63) is 51.2 Å². The Morgan fingerprint density at radius 3 is 2.70 bits per heavy atom. The van der Waals surface area contributed by atoms with Crippen molar-refractivity contribution in [1.82, 2.24) is 0 Å². The van der Waals surface area contributed by atoms with Crippen LogP contribution in [0.3, 0.4) is 0 Å². The minimum atomic E-state index is -0.870. The zero-order valence-corrected chi connectivity index (χ0v) is 18.6. The molecule has 0 spiro atoms. The van der Waals surface area contributed by atoms with Crippen molar-refractivity contribution in [2.75, 3.05) is 6.61 Å². The smallest absolute Gasteiger partial charge is 0.345 e. The van der Waals surface area contributed by atoms with Crippen LogP contribution >= 0.6 is 22.9 Å². The average molecular weight is 449 g/mol. The number of alkyl halides is 1. The standard InChI is InChI=1S/C24H29ClO4S/c25-21-13-22(26)20(14-29-17-9-8-15-4-1-2-5-16(15)12-17)19(21)7-3-6-18-10-11-23(30-18)24(27)28/h8-12,19-22,26H,1-7,13-14H2,(H,27,28)/t19-,20-,21+,22-/m1/s1. The first kappa shape index (κ1) is 21.7. The van der Waals surface area contributed by atoms with Crippen LogP contribution in [-0.2, 0) is 19.3 Å². The summed E-state index contributed by atoms with van der Waals surface area (Å²) in [6.45, 7) is 0.482. The van der Waals surface area contributed by atoms with Gasteiger partial charge in [0.2, 0.25) is 0 Å². The Hall–Kier alpha value is -1.56. The van der Waals surface area contributed by atoms with Gasteiger partial charge in [0.05, 0.1) is 12.7 Å². The van der Waals surface area contributed by atoms with Crippen LogP contribution in [0.1, 0.15) is 57.8 Å². The maximum absolute atomic E-state index is 11.0. The number of rotatable bonds is 8. The van der Waals surface area contributed by atoms with Gasteiger partial charge in [-0.1, -0.05) is 6.07 Å². The van der Waals surface area contributed by atoms with Crippen molar-refractivity contribution >= 4 is 28.9 Å². The summed E-state index contributed by atoms with van der Waals surface area (Å²) in [5.41, 5.74) is 2.84. The Bertz CT molecular complexity index is 880. The first-order chi connectivity index (χ1) is 14.5. The molecule has 2 aliphatic rings. The Balaban J connectivity index is 1.32. The summed E-state index contributed by atoms with van der Waals surface area (Å²) < 4.78 is 6.12. The second-order valence-corrected chi connectivity index (χ2v) is 10.3. The van der Waals surface area contributed by atoms with E-state index in [0.29, 0.717) is 17.9 Å². The summed E-state index contributed by atoms with van der Waals surface area (Å²) >= 11 is 7.92. The number of benzene rings is 1. The molecule has 2 N–H and O–H groups in total. The van der Waals surface area contributed by atoms with Gasteiger partial charge in [0, 0.05) is 16.2 Å². The molecule has 0 radical (unpaired) electrons. The number of aliphatic hydroxyl groups excluding tert-OH is 1. The fourth-order valence-electron chi connectivity index (χ4n) is 4.89. The largest absolute Gasteiger partial charge is 0.493 e. The molecular formula is C24H29ClO4S. The van der Waals surface area contributed by atoms with Gasteiger partial charge in [0.25, 0.3) is 0 Å². The highest BCUT2D eigenvalue weighted by Crippen LogP contribution is 2.40. The molecular weight excluding hydrogens is 420 g/mol. The van der Waals surface area contributed by atoms with Gasteiger partial charge in [-0.05, 0) is 92.7 Å². The van der Waals surface area contributed by atoms with Gasteiger partial charge in [-0.25, -0.2) is 4.79 Å². The van der Waals surface area contributed by atoms with Crippen molar-refractivity contribution in [1.29, 1.82) is 0 Å². The van der Waals surface area contributed by atoms with Crippen molar-refractivity contribution in [2.24, 2.45) is 11.8 Å². The summed E-state index contributed by atoms with van der Waals surface area (Å²) in [6.07, 6.45) is 7.63. The van der Waals surface area contributed by atoms with Crippen LogP contribution in [0.5, 0.6) is 5.75 Å². The summed E-state index contributed by atoms with van der Waals surface area (Å²) in [5, 5.41) is 19.6. The van der Waals surface area contributed by atoms with Gasteiger partial charge in [-0.3, -0.25) is 0 Å². The number of carboxylic acids is 1. The molecule has 0 amide bonds. The number of aromatic carboxylic acids is 1. The zero-order chi connectivity index (χ0) is 21.1. The van der Waals surface area contributed by atoms with Gasteiger partial charge in [0.1, 0.15) is 10.6 Å². The molecule has 6 heteroatoms. The predicted octanol–water partition coefficient (Wildman–Crippen LogP) is 5.33. The van der Waals surface area contributed by atoms with E-state index >= 15 is 0 Å². The number of hydrogen-bond acceptors (Lipinski definition) is 4. The van der Waals surface area contributed by atoms with Crippen LogP contribution < -0.4 is 4.74 Å². The molecule has 0 unspecified atom stereocenters. The molecule has 1 aromatic heterocycles. The van der Waals surface area contributed by atoms with E-state index in [1.807, 2.05) is 6.07 Å². The number of fused-ring (bicyclic) bond motifs is 1. The second kappa shape index (κ2) is 9.71. The van der Waals surface area contributed by atoms with E-state index in [9.17, 15) is 9.90 Å². The first-order valence-electron chi connectivity index (χ1n) is 10.9. The summed E-state index contributed by atoms with van der Waals surface area (Å²) in [5.74, 6) is 0.254. The average Bonchev–Trinajstić information content (AvgIpc) is 3.31. The summed E-state index contributed by atoms with van der Waals surface area (Å²) in [7, 11) is 0. The summed E-state index contributed by atoms with van der Waals surface area (Å²) in [6, 6.07) is 9.96. The predicted molar refractivity (Wildman–Crippen MR) is 120 cm³/mol. The zero-order valence-electron chi connectivity index (χ0n) is 17.1. The van der Waals surface area contributed by atoms with E-state index in [0.717, 1.165) is 42.7 Å². The fraction of sp³-hybridized carbons (Fsp3) is 0.542. The van der Waals surface area contributed by atoms with E-state index in [1.54, 1.807) is 6.07 Å². The highest BCUT2D eigenvalue weighted by molar-refractivity contribution is 7.13. The Labute approximate surface area is 186 Å². The third kappa shape index (κ3) is 5.01. The van der Waals surface area contributed by atoms with Crippen LogP contribution in [0.2, 0.25) is 0 Å². The third-order valence-electron chi connectivity index (χ3n) is 6.57. The Morgan fingerprint density at radius 1 is 1.13 bits per heavy atom. The minimum Gasteiger partial charge on any atom is -0.493 e. The SMILES string of the molecule is O=C(O)c1ccc(CCC[C@@H]2[C@@H](COc3ccc4c(c3)CCCC4)[C@H](O)C[C@@H]2Cl)s1. The van der Waals surface area contributed by atoms with E-state index in [-0.39, 0.29) is 17.2 Å². The third-order valence-corrected chi connectivity index (χ3v) is 8.21. The van der Waals surface area contributed by atoms with E-state index in [1.165, 1.54) is 35.3 Å². The highest BCUT2D eigenvalue weighted by Gasteiger charge is 2.41. The molecule has 0 aliphatic heterocycles. The molecule has 0 saturated heterocycles. The van der Waals surface area contributed by atoms with Crippen LogP contribution in [0.4, 0.5) is 0 Å². The topological polar surface area (TPSA) is 66.8 Å². The molecule has 1 aromatic carbocycles. The van der Waals surface area contributed by atoms with Gasteiger partial charge >= 0.3 is 5.97 Å². The fourth-order valence-corrected chi connectivity index (χ4v) is 6.28. The van der Waals surface area contributed by atoms with Crippen LogP contribution in [0.25, 0.3) is 0 Å². The second-order valence-electron chi connectivity index (χ2n) is 8.56. The monoisotopic (exact) mass is 448 g/mol. The molecule has 4 atom stereocenters. The van der Waals surface area contributed by atoms with Gasteiger partial charge in [-0.2, -0.15) is 0 Å². The molecule has 162 valence electrons. The normalized spacial score (nSPS) is 25.8. The molecule has 1 fully saturated rings. The first-order valence-corrected chi connectivity index (χ1v) is 12.2. The number of carbonyl (C=O) groups is 1. The lowest BCUT2D eigenvalue weighted by molar-refractivity contribution is 0.0701. The summed E-state index contributed by atoms with van der Waals surface area (Å²) in [4.78, 5) is 12.5. The molecule has 0 bridgehead atoms. The van der Waals surface area contributed by atoms with E-state index in [4.69, 9.17) is 21.4 Å².